The lowest BCUT2D eigenvalue weighted by Gasteiger charge is -2.21. The Labute approximate surface area is 112 Å². The van der Waals surface area contributed by atoms with Crippen LogP contribution in [0.3, 0.4) is 0 Å². The van der Waals surface area contributed by atoms with E-state index in [1.54, 1.807) is 7.05 Å². The van der Waals surface area contributed by atoms with Crippen LogP contribution < -0.4 is 5.73 Å². The second kappa shape index (κ2) is 7.19. The van der Waals surface area contributed by atoms with Crippen LogP contribution in [0.5, 0.6) is 0 Å². The molecule has 0 heterocycles. The summed E-state index contributed by atoms with van der Waals surface area (Å²) in [5.74, 6) is -1.98. The molecule has 0 unspecified atom stereocenters. The first kappa shape index (κ1) is 15.6. The van der Waals surface area contributed by atoms with Gasteiger partial charge in [0.05, 0.1) is 6.04 Å². The monoisotopic (exact) mass is 270 g/mol. The van der Waals surface area contributed by atoms with Gasteiger partial charge in [-0.3, -0.25) is 4.79 Å². The van der Waals surface area contributed by atoms with Crippen molar-refractivity contribution in [3.63, 3.8) is 0 Å². The molecule has 0 aliphatic heterocycles. The van der Waals surface area contributed by atoms with Crippen LogP contribution in [-0.2, 0) is 11.3 Å². The van der Waals surface area contributed by atoms with Crippen LogP contribution in [0.15, 0.2) is 18.2 Å². The highest BCUT2D eigenvalue weighted by Crippen LogP contribution is 2.11. The maximum Gasteiger partial charge on any atom is 0.239 e. The lowest BCUT2D eigenvalue weighted by molar-refractivity contribution is -0.132. The third-order valence-electron chi connectivity index (χ3n) is 2.97. The van der Waals surface area contributed by atoms with E-state index in [1.807, 2.05) is 6.92 Å². The number of likely N-dealkylation sites (N-methyl/N-ethyl adjacent to an activating group) is 1. The van der Waals surface area contributed by atoms with Crippen LogP contribution in [0.4, 0.5) is 8.78 Å². The molecule has 1 aromatic carbocycles. The molecule has 0 aliphatic carbocycles. The lowest BCUT2D eigenvalue weighted by atomic mass is 10.1. The number of carbonyl (C=O) groups is 1. The van der Waals surface area contributed by atoms with Crippen molar-refractivity contribution in [3.05, 3.63) is 35.4 Å². The molecule has 106 valence electrons. The number of hydrogen-bond acceptors (Lipinski definition) is 2. The van der Waals surface area contributed by atoms with E-state index >= 15 is 0 Å². The molecule has 0 saturated heterocycles. The summed E-state index contributed by atoms with van der Waals surface area (Å²) in [6, 6.07) is 3.08. The van der Waals surface area contributed by atoms with Gasteiger partial charge in [0, 0.05) is 13.6 Å². The number of amides is 1. The van der Waals surface area contributed by atoms with Crippen LogP contribution in [0.1, 0.15) is 31.7 Å². The van der Waals surface area contributed by atoms with Gasteiger partial charge >= 0.3 is 0 Å². The smallest absolute Gasteiger partial charge is 0.239 e. The standard InChI is InChI=1S/C14H20F2N2O/c1-3-4-5-13(17)14(19)18(2)9-10-6-7-11(15)12(16)8-10/h6-8,13H,3-5,9,17H2,1-2H3/t13-/m0/s1. The predicted molar refractivity (Wildman–Crippen MR) is 70.3 cm³/mol. The molecule has 0 fully saturated rings. The van der Waals surface area contributed by atoms with Gasteiger partial charge in [0.2, 0.25) is 5.91 Å². The van der Waals surface area contributed by atoms with Crippen LogP contribution >= 0.6 is 0 Å². The minimum atomic E-state index is -0.909. The largest absolute Gasteiger partial charge is 0.340 e. The molecule has 0 radical (unpaired) electrons. The van der Waals surface area contributed by atoms with Gasteiger partial charge in [0.15, 0.2) is 11.6 Å². The zero-order valence-corrected chi connectivity index (χ0v) is 11.3. The molecule has 0 saturated carbocycles. The van der Waals surface area contributed by atoms with Crippen molar-refractivity contribution in [2.75, 3.05) is 7.05 Å². The SMILES string of the molecule is CCCC[C@H](N)C(=O)N(C)Cc1ccc(F)c(F)c1. The molecule has 5 heteroatoms. The quantitative estimate of drug-likeness (QED) is 0.863. The van der Waals surface area contributed by atoms with Crippen molar-refractivity contribution in [3.8, 4) is 0 Å². The van der Waals surface area contributed by atoms with E-state index in [-0.39, 0.29) is 12.5 Å². The van der Waals surface area contributed by atoms with Gasteiger partial charge in [-0.1, -0.05) is 25.8 Å². The molecule has 1 atom stereocenters. The highest BCUT2D eigenvalue weighted by Gasteiger charge is 2.17. The second-order valence-corrected chi connectivity index (χ2v) is 4.69. The van der Waals surface area contributed by atoms with Gasteiger partial charge in [0.1, 0.15) is 0 Å². The van der Waals surface area contributed by atoms with Crippen molar-refractivity contribution >= 4 is 5.91 Å². The first-order chi connectivity index (χ1) is 8.95. The molecule has 1 aromatic rings. The maximum atomic E-state index is 13.1. The Balaban J connectivity index is 2.60. The topological polar surface area (TPSA) is 46.3 Å². The van der Waals surface area contributed by atoms with Gasteiger partial charge < -0.3 is 10.6 Å². The van der Waals surface area contributed by atoms with E-state index < -0.39 is 17.7 Å². The minimum absolute atomic E-state index is 0.182. The van der Waals surface area contributed by atoms with Gasteiger partial charge in [-0.15, -0.1) is 0 Å². The van der Waals surface area contributed by atoms with Crippen molar-refractivity contribution in [2.24, 2.45) is 5.73 Å². The van der Waals surface area contributed by atoms with E-state index in [0.29, 0.717) is 12.0 Å². The highest BCUT2D eigenvalue weighted by molar-refractivity contribution is 5.81. The third kappa shape index (κ3) is 4.59. The van der Waals surface area contributed by atoms with E-state index in [4.69, 9.17) is 5.73 Å². The van der Waals surface area contributed by atoms with Gasteiger partial charge in [-0.2, -0.15) is 0 Å². The number of unbranched alkanes of at least 4 members (excludes halogenated alkanes) is 1. The third-order valence-corrected chi connectivity index (χ3v) is 2.97. The van der Waals surface area contributed by atoms with E-state index in [1.165, 1.54) is 11.0 Å². The van der Waals surface area contributed by atoms with Crippen LogP contribution in [-0.4, -0.2) is 23.9 Å². The number of nitrogens with zero attached hydrogens (tertiary/aromatic N) is 1. The van der Waals surface area contributed by atoms with Crippen molar-refractivity contribution in [1.82, 2.24) is 4.90 Å². The molecule has 1 amide bonds. The summed E-state index contributed by atoms with van der Waals surface area (Å²) < 4.78 is 25.8. The summed E-state index contributed by atoms with van der Waals surface area (Å²) in [4.78, 5) is 13.4. The molecule has 0 aliphatic rings. The van der Waals surface area contributed by atoms with Crippen molar-refractivity contribution in [2.45, 2.75) is 38.8 Å². The fraction of sp³-hybridized carbons (Fsp3) is 0.500. The number of halogens is 2. The lowest BCUT2D eigenvalue weighted by Crippen LogP contribution is -2.41. The van der Waals surface area contributed by atoms with E-state index in [2.05, 4.69) is 0 Å². The number of benzene rings is 1. The molecule has 19 heavy (non-hydrogen) atoms. The highest BCUT2D eigenvalue weighted by atomic mass is 19.2. The fourth-order valence-corrected chi connectivity index (χ4v) is 1.82. The molecule has 0 bridgehead atoms. The maximum absolute atomic E-state index is 13.1. The first-order valence-electron chi connectivity index (χ1n) is 6.40. The second-order valence-electron chi connectivity index (χ2n) is 4.69. The molecule has 0 aromatic heterocycles. The molecule has 3 nitrogen and oxygen atoms in total. The van der Waals surface area contributed by atoms with Gasteiger partial charge in [-0.25, -0.2) is 8.78 Å². The summed E-state index contributed by atoms with van der Waals surface area (Å²) in [5, 5.41) is 0. The number of rotatable bonds is 6. The Hall–Kier alpha value is -1.49. The number of carbonyl (C=O) groups excluding carboxylic acids is 1. The number of nitrogens with two attached hydrogens (primary N) is 1. The van der Waals surface area contributed by atoms with E-state index in [9.17, 15) is 13.6 Å². The summed E-state index contributed by atoms with van der Waals surface area (Å²) in [7, 11) is 1.61. The Bertz CT molecular complexity index is 437. The summed E-state index contributed by atoms with van der Waals surface area (Å²) in [6.07, 6.45) is 2.51. The molecular weight excluding hydrogens is 250 g/mol. The summed E-state index contributed by atoms with van der Waals surface area (Å²) in [5.41, 5.74) is 6.33. The predicted octanol–water partition coefficient (Wildman–Crippen LogP) is 2.44. The van der Waals surface area contributed by atoms with Gasteiger partial charge in [0.25, 0.3) is 0 Å². The first-order valence-corrected chi connectivity index (χ1v) is 6.40. The fourth-order valence-electron chi connectivity index (χ4n) is 1.82. The Morgan fingerprint density at radius 3 is 2.63 bits per heavy atom. The molecule has 2 N–H and O–H groups in total. The normalized spacial score (nSPS) is 12.3. The molecular formula is C14H20F2N2O. The van der Waals surface area contributed by atoms with Gasteiger partial charge in [-0.05, 0) is 24.1 Å². The van der Waals surface area contributed by atoms with Crippen molar-refractivity contribution < 1.29 is 13.6 Å². The Morgan fingerprint density at radius 1 is 1.37 bits per heavy atom. The Kier molecular flexibility index (Phi) is 5.89. The molecule has 0 spiro atoms. The van der Waals surface area contributed by atoms with Crippen molar-refractivity contribution in [1.29, 1.82) is 0 Å². The minimum Gasteiger partial charge on any atom is -0.340 e. The zero-order chi connectivity index (χ0) is 14.4. The van der Waals surface area contributed by atoms with E-state index in [0.717, 1.165) is 25.0 Å². The molecule has 1 rings (SSSR count). The van der Waals surface area contributed by atoms with Crippen LogP contribution in [0, 0.1) is 11.6 Å². The van der Waals surface area contributed by atoms with Crippen LogP contribution in [0.25, 0.3) is 0 Å². The number of hydrogen-bond donors (Lipinski definition) is 1. The summed E-state index contributed by atoms with van der Waals surface area (Å²) >= 11 is 0. The Morgan fingerprint density at radius 2 is 2.05 bits per heavy atom. The van der Waals surface area contributed by atoms with Crippen LogP contribution in [0.2, 0.25) is 0 Å². The average molecular weight is 270 g/mol. The summed E-state index contributed by atoms with van der Waals surface area (Å²) in [6.45, 7) is 2.25. The zero-order valence-electron chi connectivity index (χ0n) is 11.3. The average Bonchev–Trinajstić information content (AvgIpc) is 2.39.